The summed E-state index contributed by atoms with van der Waals surface area (Å²) in [5.74, 6) is -2.37. The number of rotatable bonds is 7. The second kappa shape index (κ2) is 11.2. The van der Waals surface area contributed by atoms with Crippen LogP contribution in [0, 0.1) is 0 Å². The lowest BCUT2D eigenvalue weighted by atomic mass is 10.0. The van der Waals surface area contributed by atoms with Crippen molar-refractivity contribution in [2.24, 2.45) is 0 Å². The number of aromatic nitrogens is 4. The topological polar surface area (TPSA) is 131 Å². The summed E-state index contributed by atoms with van der Waals surface area (Å²) < 4.78 is 1.32. The second-order valence-corrected chi connectivity index (χ2v) is 8.15. The van der Waals surface area contributed by atoms with E-state index >= 15 is 0 Å². The summed E-state index contributed by atoms with van der Waals surface area (Å²) in [5, 5.41) is 19.2. The minimum atomic E-state index is -0.981. The third kappa shape index (κ3) is 6.39. The molecule has 1 aliphatic rings. The molecule has 178 valence electrons. The average Bonchev–Trinajstić information content (AvgIpc) is 3.39. The Bertz CT molecular complexity index is 1270. The standard InChI is InChI=1S/C24H22ClN7O3/c25-17-11-12-21(32-15-26-30-31-32)19(14-17)28-23(34)24(35)29-20(13-16-7-3-1-4-8-16)22(33)27-18-9-5-2-6-10-18/h1,3-5,7-12,14-15,20H,2,6,13H2,(H,27,33)(H,28,34)(H,29,35)/t20-/m0/s1. The van der Waals surface area contributed by atoms with Crippen LogP contribution in [-0.2, 0) is 20.8 Å². The monoisotopic (exact) mass is 491 g/mol. The van der Waals surface area contributed by atoms with Crippen LogP contribution < -0.4 is 16.0 Å². The number of anilines is 1. The summed E-state index contributed by atoms with van der Waals surface area (Å²) in [6, 6.07) is 12.9. The van der Waals surface area contributed by atoms with Gasteiger partial charge in [0.05, 0.1) is 11.4 Å². The fourth-order valence-electron chi connectivity index (χ4n) is 3.48. The van der Waals surface area contributed by atoms with Crippen LogP contribution in [0.4, 0.5) is 5.69 Å². The highest BCUT2D eigenvalue weighted by atomic mass is 35.5. The fraction of sp³-hybridized carbons (Fsp3) is 0.167. The van der Waals surface area contributed by atoms with Gasteiger partial charge in [0.2, 0.25) is 5.91 Å². The molecule has 3 aromatic rings. The summed E-state index contributed by atoms with van der Waals surface area (Å²) in [4.78, 5) is 38.6. The summed E-state index contributed by atoms with van der Waals surface area (Å²) in [6.45, 7) is 0. The van der Waals surface area contributed by atoms with E-state index in [1.807, 2.05) is 48.6 Å². The van der Waals surface area contributed by atoms with Gasteiger partial charge in [-0.2, -0.15) is 4.68 Å². The zero-order chi connectivity index (χ0) is 24.6. The number of carbonyl (C=O) groups is 3. The van der Waals surface area contributed by atoms with Gasteiger partial charge in [0, 0.05) is 17.1 Å². The minimum absolute atomic E-state index is 0.204. The minimum Gasteiger partial charge on any atom is -0.336 e. The van der Waals surface area contributed by atoms with Gasteiger partial charge >= 0.3 is 11.8 Å². The molecule has 0 spiro atoms. The Balaban J connectivity index is 1.49. The number of benzene rings is 2. The molecule has 1 aliphatic carbocycles. The van der Waals surface area contributed by atoms with E-state index in [0.717, 1.165) is 18.4 Å². The molecule has 3 amide bonds. The Morgan fingerprint density at radius 2 is 1.86 bits per heavy atom. The van der Waals surface area contributed by atoms with Crippen molar-refractivity contribution in [3.63, 3.8) is 0 Å². The van der Waals surface area contributed by atoms with E-state index in [1.165, 1.54) is 17.1 Å². The number of halogens is 1. The molecule has 0 bridgehead atoms. The zero-order valence-corrected chi connectivity index (χ0v) is 19.3. The predicted molar refractivity (Wildman–Crippen MR) is 129 cm³/mol. The number of hydrogen-bond donors (Lipinski definition) is 3. The molecule has 1 atom stereocenters. The van der Waals surface area contributed by atoms with Gasteiger partial charge in [-0.3, -0.25) is 14.4 Å². The number of amides is 3. The van der Waals surface area contributed by atoms with Gasteiger partial charge in [-0.1, -0.05) is 54.1 Å². The summed E-state index contributed by atoms with van der Waals surface area (Å²) >= 11 is 6.07. The fourth-order valence-corrected chi connectivity index (χ4v) is 3.65. The molecule has 35 heavy (non-hydrogen) atoms. The van der Waals surface area contributed by atoms with Crippen LogP contribution in [0.15, 0.2) is 78.8 Å². The molecule has 4 rings (SSSR count). The molecule has 0 saturated carbocycles. The molecule has 0 unspecified atom stereocenters. The molecule has 0 radical (unpaired) electrons. The Kier molecular flexibility index (Phi) is 7.63. The van der Waals surface area contributed by atoms with Crippen LogP contribution in [0.3, 0.4) is 0 Å². The quantitative estimate of drug-likeness (QED) is 0.435. The molecular formula is C24H22ClN7O3. The van der Waals surface area contributed by atoms with Gasteiger partial charge in [0.25, 0.3) is 0 Å². The first-order valence-corrected chi connectivity index (χ1v) is 11.2. The maximum atomic E-state index is 13.0. The van der Waals surface area contributed by atoms with Gasteiger partial charge in [-0.25, -0.2) is 0 Å². The van der Waals surface area contributed by atoms with E-state index in [4.69, 9.17) is 11.6 Å². The van der Waals surface area contributed by atoms with Gasteiger partial charge in [0.15, 0.2) is 0 Å². The molecule has 10 nitrogen and oxygen atoms in total. The van der Waals surface area contributed by atoms with E-state index in [9.17, 15) is 14.4 Å². The predicted octanol–water partition coefficient (Wildman–Crippen LogP) is 2.33. The van der Waals surface area contributed by atoms with Crippen molar-refractivity contribution in [2.45, 2.75) is 25.3 Å². The first kappa shape index (κ1) is 23.8. The van der Waals surface area contributed by atoms with Crippen molar-refractivity contribution in [2.75, 3.05) is 5.32 Å². The molecule has 0 fully saturated rings. The van der Waals surface area contributed by atoms with E-state index in [1.54, 1.807) is 12.1 Å². The second-order valence-electron chi connectivity index (χ2n) is 7.71. The zero-order valence-electron chi connectivity index (χ0n) is 18.5. The number of nitrogens with one attached hydrogen (secondary N) is 3. The number of nitrogens with zero attached hydrogens (tertiary/aromatic N) is 4. The SMILES string of the molecule is O=C(Nc1cc(Cl)ccc1-n1cnnn1)C(=O)N[C@@H](Cc1ccccc1)C(=O)NC1=CCCC=C1. The third-order valence-corrected chi connectivity index (χ3v) is 5.41. The Labute approximate surface area is 206 Å². The van der Waals surface area contributed by atoms with Crippen LogP contribution in [0.2, 0.25) is 5.02 Å². The van der Waals surface area contributed by atoms with E-state index in [2.05, 4.69) is 31.5 Å². The maximum absolute atomic E-state index is 13.0. The Morgan fingerprint density at radius 1 is 1.03 bits per heavy atom. The van der Waals surface area contributed by atoms with Crippen molar-refractivity contribution in [3.8, 4) is 5.69 Å². The van der Waals surface area contributed by atoms with Crippen molar-refractivity contribution in [1.82, 2.24) is 30.8 Å². The molecule has 0 saturated heterocycles. The highest BCUT2D eigenvalue weighted by Crippen LogP contribution is 2.23. The van der Waals surface area contributed by atoms with E-state index in [-0.39, 0.29) is 12.1 Å². The molecule has 3 N–H and O–H groups in total. The van der Waals surface area contributed by atoms with Crippen LogP contribution in [0.1, 0.15) is 18.4 Å². The highest BCUT2D eigenvalue weighted by Gasteiger charge is 2.26. The number of allylic oxidation sites excluding steroid dienone is 3. The lowest BCUT2D eigenvalue weighted by Crippen LogP contribution is -2.50. The highest BCUT2D eigenvalue weighted by molar-refractivity contribution is 6.40. The first-order chi connectivity index (χ1) is 17.0. The number of hydrogen-bond acceptors (Lipinski definition) is 6. The molecule has 11 heteroatoms. The molecule has 2 aromatic carbocycles. The summed E-state index contributed by atoms with van der Waals surface area (Å²) in [6.07, 6.45) is 8.94. The Hall–Kier alpha value is -4.31. The van der Waals surface area contributed by atoms with Crippen molar-refractivity contribution in [1.29, 1.82) is 0 Å². The van der Waals surface area contributed by atoms with E-state index < -0.39 is 23.8 Å². The van der Waals surface area contributed by atoms with Crippen molar-refractivity contribution in [3.05, 3.63) is 89.4 Å². The summed E-state index contributed by atoms with van der Waals surface area (Å²) in [5.41, 5.74) is 2.13. The van der Waals surface area contributed by atoms with Gasteiger partial charge in [0.1, 0.15) is 12.4 Å². The van der Waals surface area contributed by atoms with E-state index in [0.29, 0.717) is 16.4 Å². The lowest BCUT2D eigenvalue weighted by molar-refractivity contribution is -0.137. The lowest BCUT2D eigenvalue weighted by Gasteiger charge is -2.20. The molecule has 0 aliphatic heterocycles. The van der Waals surface area contributed by atoms with Crippen molar-refractivity contribution >= 4 is 35.0 Å². The molecule has 1 heterocycles. The third-order valence-electron chi connectivity index (χ3n) is 5.18. The largest absolute Gasteiger partial charge is 0.336 e. The summed E-state index contributed by atoms with van der Waals surface area (Å²) in [7, 11) is 0. The molecule has 1 aromatic heterocycles. The van der Waals surface area contributed by atoms with Gasteiger partial charge in [-0.05, 0) is 53.1 Å². The van der Waals surface area contributed by atoms with Gasteiger partial charge in [-0.15, -0.1) is 5.10 Å². The van der Waals surface area contributed by atoms with Crippen LogP contribution in [0.25, 0.3) is 5.69 Å². The normalized spacial score (nSPS) is 13.5. The van der Waals surface area contributed by atoms with Crippen LogP contribution in [0.5, 0.6) is 0 Å². The van der Waals surface area contributed by atoms with Crippen molar-refractivity contribution < 1.29 is 14.4 Å². The average molecular weight is 492 g/mol. The number of tetrazole rings is 1. The first-order valence-electron chi connectivity index (χ1n) is 10.9. The Morgan fingerprint density at radius 3 is 2.57 bits per heavy atom. The number of carbonyl (C=O) groups excluding carboxylic acids is 3. The van der Waals surface area contributed by atoms with Crippen LogP contribution >= 0.6 is 11.6 Å². The maximum Gasteiger partial charge on any atom is 0.313 e. The van der Waals surface area contributed by atoms with Gasteiger partial charge < -0.3 is 16.0 Å². The smallest absolute Gasteiger partial charge is 0.313 e. The molecular weight excluding hydrogens is 470 g/mol. The van der Waals surface area contributed by atoms with Crippen LogP contribution in [-0.4, -0.2) is 44.0 Å².